The van der Waals surface area contributed by atoms with Crippen LogP contribution in [0.1, 0.15) is 18.4 Å². The van der Waals surface area contributed by atoms with Crippen molar-refractivity contribution in [2.24, 2.45) is 11.8 Å². The number of nitrogens with one attached hydrogen (secondary N) is 1. The van der Waals surface area contributed by atoms with Crippen molar-refractivity contribution in [1.29, 1.82) is 0 Å². The third kappa shape index (κ3) is 3.87. The van der Waals surface area contributed by atoms with Gasteiger partial charge in [0.2, 0.25) is 5.91 Å². The summed E-state index contributed by atoms with van der Waals surface area (Å²) in [5, 5.41) is 25.0. The Balaban J connectivity index is 2.21. The molecule has 122 valence electrons. The van der Waals surface area contributed by atoms with Crippen LogP contribution in [0.2, 0.25) is 0 Å². The zero-order chi connectivity index (χ0) is 17.1. The van der Waals surface area contributed by atoms with Gasteiger partial charge < -0.3 is 15.2 Å². The Morgan fingerprint density at radius 3 is 2.65 bits per heavy atom. The number of aliphatic carboxylic acids is 1. The topological polar surface area (TPSA) is 112 Å². The zero-order valence-corrected chi connectivity index (χ0v) is 13.0. The Hall–Kier alpha value is -2.41. The summed E-state index contributed by atoms with van der Waals surface area (Å²) in [5.74, 6) is -3.72. The van der Waals surface area contributed by atoms with Gasteiger partial charge in [-0.05, 0) is 25.8 Å². The molecule has 0 radical (unpaired) electrons. The van der Waals surface area contributed by atoms with E-state index in [-0.39, 0.29) is 24.2 Å². The van der Waals surface area contributed by atoms with Gasteiger partial charge in [0.25, 0.3) is 5.69 Å². The lowest BCUT2D eigenvalue weighted by molar-refractivity contribution is -0.385. The van der Waals surface area contributed by atoms with Crippen LogP contribution in [-0.2, 0) is 9.59 Å². The van der Waals surface area contributed by atoms with Crippen molar-refractivity contribution >= 4 is 34.9 Å². The number of nitro benzene ring substituents is 1. The number of carbonyl (C=O) groups is 2. The highest BCUT2D eigenvalue weighted by Gasteiger charge is 2.32. The average molecular weight is 338 g/mol. The Morgan fingerprint density at radius 2 is 2.04 bits per heavy atom. The SMILES string of the molecule is Cc1ccc(NC(=O)[C@H]2CC(Cl)=CC[C@@H]2C(=O)[O-])cc1[N+](=O)[O-]. The van der Waals surface area contributed by atoms with E-state index in [0.717, 1.165) is 0 Å². The van der Waals surface area contributed by atoms with Crippen molar-refractivity contribution in [1.82, 2.24) is 0 Å². The lowest BCUT2D eigenvalue weighted by atomic mass is 9.82. The number of carboxylic acids is 1. The number of carboxylic acid groups (broad SMARTS) is 1. The van der Waals surface area contributed by atoms with E-state index in [1.54, 1.807) is 13.0 Å². The van der Waals surface area contributed by atoms with Gasteiger partial charge in [0.05, 0.1) is 10.8 Å². The minimum absolute atomic E-state index is 0.0972. The van der Waals surface area contributed by atoms with E-state index in [9.17, 15) is 24.8 Å². The van der Waals surface area contributed by atoms with E-state index in [1.165, 1.54) is 18.2 Å². The number of rotatable bonds is 4. The van der Waals surface area contributed by atoms with E-state index in [4.69, 9.17) is 11.6 Å². The highest BCUT2D eigenvalue weighted by Crippen LogP contribution is 2.32. The van der Waals surface area contributed by atoms with E-state index >= 15 is 0 Å². The lowest BCUT2D eigenvalue weighted by Gasteiger charge is -2.29. The van der Waals surface area contributed by atoms with Gasteiger partial charge in [-0.3, -0.25) is 14.9 Å². The van der Waals surface area contributed by atoms with E-state index in [2.05, 4.69) is 5.32 Å². The molecule has 1 aliphatic carbocycles. The number of allylic oxidation sites excluding steroid dienone is 2. The van der Waals surface area contributed by atoms with Crippen molar-refractivity contribution in [3.8, 4) is 0 Å². The Labute approximate surface area is 137 Å². The summed E-state index contributed by atoms with van der Waals surface area (Å²) in [5.41, 5.74) is 0.570. The molecule has 7 nitrogen and oxygen atoms in total. The molecule has 0 aromatic heterocycles. The summed E-state index contributed by atoms with van der Waals surface area (Å²) in [7, 11) is 0. The number of aryl methyl sites for hydroxylation is 1. The van der Waals surface area contributed by atoms with Crippen LogP contribution < -0.4 is 10.4 Å². The fraction of sp³-hybridized carbons (Fsp3) is 0.333. The Bertz CT molecular complexity index is 701. The Kier molecular flexibility index (Phi) is 5.00. The second-order valence-electron chi connectivity index (χ2n) is 5.37. The standard InChI is InChI=1S/C15H15ClN2O5/c1-8-2-4-10(7-13(8)18(22)23)17-14(19)12-6-9(16)3-5-11(12)15(20)21/h2-4,7,11-12H,5-6H2,1H3,(H,17,19)(H,20,21)/p-1/t11-,12-/m0/s1. The fourth-order valence-corrected chi connectivity index (χ4v) is 2.76. The van der Waals surface area contributed by atoms with Crippen LogP contribution in [-0.4, -0.2) is 16.8 Å². The maximum atomic E-state index is 12.3. The van der Waals surface area contributed by atoms with Crippen LogP contribution in [0.5, 0.6) is 0 Å². The molecule has 8 heteroatoms. The van der Waals surface area contributed by atoms with Crippen LogP contribution in [0.15, 0.2) is 29.3 Å². The van der Waals surface area contributed by atoms with Crippen LogP contribution in [0, 0.1) is 28.9 Å². The van der Waals surface area contributed by atoms with E-state index < -0.39 is 28.6 Å². The average Bonchev–Trinajstić information content (AvgIpc) is 2.48. The highest BCUT2D eigenvalue weighted by molar-refractivity contribution is 6.29. The minimum Gasteiger partial charge on any atom is -0.550 e. The second kappa shape index (κ2) is 6.78. The van der Waals surface area contributed by atoms with Crippen molar-refractivity contribution in [2.75, 3.05) is 5.32 Å². The molecule has 0 aliphatic heterocycles. The van der Waals surface area contributed by atoms with Crippen molar-refractivity contribution < 1.29 is 19.6 Å². The number of nitro groups is 1. The van der Waals surface area contributed by atoms with Gasteiger partial charge in [0.1, 0.15) is 0 Å². The van der Waals surface area contributed by atoms with Crippen LogP contribution in [0.3, 0.4) is 0 Å². The normalized spacial score (nSPS) is 20.5. The number of amides is 1. The van der Waals surface area contributed by atoms with E-state index in [1.807, 2.05) is 0 Å². The molecule has 0 fully saturated rings. The number of nitrogens with zero attached hydrogens (tertiary/aromatic N) is 1. The molecule has 1 amide bonds. The van der Waals surface area contributed by atoms with Gasteiger partial charge in [0.15, 0.2) is 0 Å². The fourth-order valence-electron chi connectivity index (χ4n) is 2.51. The van der Waals surface area contributed by atoms with Gasteiger partial charge in [-0.2, -0.15) is 0 Å². The molecule has 0 heterocycles. The molecule has 0 saturated heterocycles. The number of anilines is 1. The molecule has 2 rings (SSSR count). The third-order valence-corrected chi connectivity index (χ3v) is 4.12. The van der Waals surface area contributed by atoms with Crippen LogP contribution in [0.25, 0.3) is 0 Å². The second-order valence-corrected chi connectivity index (χ2v) is 5.86. The van der Waals surface area contributed by atoms with Crippen molar-refractivity contribution in [3.63, 3.8) is 0 Å². The molecule has 0 spiro atoms. The summed E-state index contributed by atoms with van der Waals surface area (Å²) in [4.78, 5) is 33.9. The van der Waals surface area contributed by atoms with Gasteiger partial charge in [0, 0.05) is 34.2 Å². The number of hydrogen-bond donors (Lipinski definition) is 1. The van der Waals surface area contributed by atoms with Crippen molar-refractivity contribution in [3.05, 3.63) is 45.0 Å². The number of halogens is 1. The molecular formula is C15H14ClN2O5-. The molecule has 0 bridgehead atoms. The predicted octanol–water partition coefficient (Wildman–Crippen LogP) is 1.74. The number of hydrogen-bond acceptors (Lipinski definition) is 5. The first-order valence-electron chi connectivity index (χ1n) is 6.91. The first-order valence-corrected chi connectivity index (χ1v) is 7.28. The Morgan fingerprint density at radius 1 is 1.35 bits per heavy atom. The quantitative estimate of drug-likeness (QED) is 0.664. The van der Waals surface area contributed by atoms with Crippen molar-refractivity contribution in [2.45, 2.75) is 19.8 Å². The van der Waals surface area contributed by atoms with Gasteiger partial charge in [-0.15, -0.1) is 0 Å². The summed E-state index contributed by atoms with van der Waals surface area (Å²) < 4.78 is 0. The minimum atomic E-state index is -1.32. The highest BCUT2D eigenvalue weighted by atomic mass is 35.5. The van der Waals surface area contributed by atoms with Crippen LogP contribution >= 0.6 is 11.6 Å². The monoisotopic (exact) mass is 337 g/mol. The first kappa shape index (κ1) is 17.0. The largest absolute Gasteiger partial charge is 0.550 e. The first-order chi connectivity index (χ1) is 10.8. The number of benzene rings is 1. The number of carbonyl (C=O) groups excluding carboxylic acids is 2. The molecule has 0 unspecified atom stereocenters. The molecular weight excluding hydrogens is 324 g/mol. The molecule has 1 aromatic carbocycles. The molecule has 1 aromatic rings. The molecule has 23 heavy (non-hydrogen) atoms. The predicted molar refractivity (Wildman–Crippen MR) is 81.6 cm³/mol. The molecule has 0 saturated carbocycles. The van der Waals surface area contributed by atoms with Crippen LogP contribution in [0.4, 0.5) is 11.4 Å². The molecule has 2 atom stereocenters. The molecule has 1 aliphatic rings. The lowest BCUT2D eigenvalue weighted by Crippen LogP contribution is -2.42. The van der Waals surface area contributed by atoms with E-state index in [0.29, 0.717) is 10.6 Å². The third-order valence-electron chi connectivity index (χ3n) is 3.81. The summed E-state index contributed by atoms with van der Waals surface area (Å²) in [6, 6.07) is 4.27. The summed E-state index contributed by atoms with van der Waals surface area (Å²) >= 11 is 5.89. The van der Waals surface area contributed by atoms with Gasteiger partial charge in [-0.1, -0.05) is 23.7 Å². The summed E-state index contributed by atoms with van der Waals surface area (Å²) in [6.07, 6.45) is 1.77. The van der Waals surface area contributed by atoms with Gasteiger partial charge in [-0.25, -0.2) is 0 Å². The maximum Gasteiger partial charge on any atom is 0.274 e. The summed E-state index contributed by atoms with van der Waals surface area (Å²) in [6.45, 7) is 1.58. The van der Waals surface area contributed by atoms with Gasteiger partial charge >= 0.3 is 0 Å². The smallest absolute Gasteiger partial charge is 0.274 e. The zero-order valence-electron chi connectivity index (χ0n) is 12.2. The maximum absolute atomic E-state index is 12.3. The molecule has 1 N–H and O–H groups in total.